The average Bonchev–Trinajstić information content (AvgIpc) is 3.04. The monoisotopic (exact) mass is 292 g/mol. The third-order valence-electron chi connectivity index (χ3n) is 5.09. The van der Waals surface area contributed by atoms with E-state index in [1.54, 1.807) is 0 Å². The Kier molecular flexibility index (Phi) is 3.43. The number of carbonyl (C=O) groups excluding carboxylic acids is 2. The molecule has 1 N–H and O–H groups in total. The van der Waals surface area contributed by atoms with Gasteiger partial charge in [0.1, 0.15) is 0 Å². The summed E-state index contributed by atoms with van der Waals surface area (Å²) in [6.07, 6.45) is 5.72. The third kappa shape index (κ3) is 3.15. The van der Waals surface area contributed by atoms with Crippen LogP contribution < -0.4 is 5.32 Å². The van der Waals surface area contributed by atoms with Gasteiger partial charge in [-0.3, -0.25) is 14.5 Å². The normalized spacial score (nSPS) is 32.8. The van der Waals surface area contributed by atoms with Gasteiger partial charge >= 0.3 is 0 Å². The minimum absolute atomic E-state index is 0.0173. The van der Waals surface area contributed by atoms with Crippen LogP contribution in [0.15, 0.2) is 0 Å². The van der Waals surface area contributed by atoms with Crippen LogP contribution in [0.25, 0.3) is 0 Å². The van der Waals surface area contributed by atoms with Crippen LogP contribution in [-0.2, 0) is 9.59 Å². The maximum Gasteiger partial charge on any atom is 0.247 e. The van der Waals surface area contributed by atoms with Crippen LogP contribution >= 0.6 is 0 Å². The smallest absolute Gasteiger partial charge is 0.247 e. The zero-order valence-electron chi connectivity index (χ0n) is 13.7. The van der Waals surface area contributed by atoms with Crippen LogP contribution in [-0.4, -0.2) is 34.8 Å². The highest BCUT2D eigenvalue weighted by atomic mass is 16.2. The zero-order chi connectivity index (χ0) is 15.4. The van der Waals surface area contributed by atoms with E-state index < -0.39 is 0 Å². The minimum atomic E-state index is -0.284. The Bertz CT molecular complexity index is 449. The number of carbonyl (C=O) groups is 2. The molecule has 3 aliphatic rings. The second-order valence-corrected chi connectivity index (χ2v) is 8.87. The SMILES string of the molecule is CC1(C)CC(NC2CC(=O)N(C3CC3)C2=O)CC(C)(C)C1. The van der Waals surface area contributed by atoms with E-state index in [4.69, 9.17) is 0 Å². The molecule has 3 fully saturated rings. The maximum atomic E-state index is 12.4. The third-order valence-corrected chi connectivity index (χ3v) is 5.09. The van der Waals surface area contributed by atoms with Gasteiger partial charge < -0.3 is 5.32 Å². The van der Waals surface area contributed by atoms with Crippen molar-refractivity contribution in [3.63, 3.8) is 0 Å². The lowest BCUT2D eigenvalue weighted by molar-refractivity contribution is -0.139. The quantitative estimate of drug-likeness (QED) is 0.813. The summed E-state index contributed by atoms with van der Waals surface area (Å²) in [5.41, 5.74) is 0.586. The van der Waals surface area contributed by atoms with Gasteiger partial charge in [0.2, 0.25) is 11.8 Å². The maximum absolute atomic E-state index is 12.4. The standard InChI is InChI=1S/C17H28N2O2/c1-16(2)8-11(9-17(3,4)10-16)18-13-7-14(20)19(15(13)21)12-5-6-12/h11-13,18H,5-10H2,1-4H3. The predicted molar refractivity (Wildman–Crippen MR) is 81.6 cm³/mol. The molecule has 0 aromatic rings. The van der Waals surface area contributed by atoms with Crippen LogP contribution in [0.5, 0.6) is 0 Å². The van der Waals surface area contributed by atoms with Crippen molar-refractivity contribution in [1.82, 2.24) is 10.2 Å². The number of hydrogen-bond donors (Lipinski definition) is 1. The fourth-order valence-electron chi connectivity index (χ4n) is 4.75. The zero-order valence-corrected chi connectivity index (χ0v) is 13.7. The van der Waals surface area contributed by atoms with E-state index in [2.05, 4.69) is 33.0 Å². The van der Waals surface area contributed by atoms with Gasteiger partial charge in [-0.15, -0.1) is 0 Å². The van der Waals surface area contributed by atoms with E-state index >= 15 is 0 Å². The Morgan fingerprint density at radius 1 is 1.05 bits per heavy atom. The molecule has 1 unspecified atom stereocenters. The lowest BCUT2D eigenvalue weighted by atomic mass is 9.63. The Balaban J connectivity index is 1.66. The number of amides is 2. The van der Waals surface area contributed by atoms with Gasteiger partial charge in [-0.1, -0.05) is 27.7 Å². The van der Waals surface area contributed by atoms with Crippen molar-refractivity contribution in [3.05, 3.63) is 0 Å². The van der Waals surface area contributed by atoms with Crippen molar-refractivity contribution >= 4 is 11.8 Å². The van der Waals surface area contributed by atoms with Gasteiger partial charge in [0.15, 0.2) is 0 Å². The summed E-state index contributed by atoms with van der Waals surface area (Å²) in [4.78, 5) is 26.0. The molecule has 2 amide bonds. The molecule has 0 radical (unpaired) electrons. The molecule has 0 aromatic carbocycles. The first-order valence-corrected chi connectivity index (χ1v) is 8.29. The van der Waals surface area contributed by atoms with Gasteiger partial charge in [0.25, 0.3) is 0 Å². The molecule has 21 heavy (non-hydrogen) atoms. The Hall–Kier alpha value is -0.900. The summed E-state index contributed by atoms with van der Waals surface area (Å²) < 4.78 is 0. The highest BCUT2D eigenvalue weighted by molar-refractivity contribution is 6.06. The van der Waals surface area contributed by atoms with E-state index in [9.17, 15) is 9.59 Å². The molecule has 2 saturated carbocycles. The largest absolute Gasteiger partial charge is 0.303 e. The molecule has 1 aliphatic heterocycles. The molecule has 2 aliphatic carbocycles. The summed E-state index contributed by atoms with van der Waals surface area (Å²) >= 11 is 0. The molecular formula is C17H28N2O2. The van der Waals surface area contributed by atoms with Crippen LogP contribution in [0.1, 0.15) is 66.2 Å². The fourth-order valence-corrected chi connectivity index (χ4v) is 4.75. The molecule has 3 rings (SSSR count). The number of likely N-dealkylation sites (tertiary alicyclic amines) is 1. The molecule has 0 aromatic heterocycles. The topological polar surface area (TPSA) is 49.4 Å². The highest BCUT2D eigenvalue weighted by Crippen LogP contribution is 2.46. The molecular weight excluding hydrogens is 264 g/mol. The van der Waals surface area contributed by atoms with E-state index in [1.165, 1.54) is 11.3 Å². The minimum Gasteiger partial charge on any atom is -0.303 e. The van der Waals surface area contributed by atoms with E-state index in [-0.39, 0.29) is 23.9 Å². The number of hydrogen-bond acceptors (Lipinski definition) is 3. The molecule has 1 atom stereocenters. The van der Waals surface area contributed by atoms with Crippen LogP contribution in [0.4, 0.5) is 0 Å². The van der Waals surface area contributed by atoms with Crippen molar-refractivity contribution < 1.29 is 9.59 Å². The number of rotatable bonds is 3. The van der Waals surface area contributed by atoms with E-state index in [0.29, 0.717) is 23.3 Å². The molecule has 1 saturated heterocycles. The van der Waals surface area contributed by atoms with Crippen LogP contribution in [0, 0.1) is 10.8 Å². The highest BCUT2D eigenvalue weighted by Gasteiger charge is 2.47. The van der Waals surface area contributed by atoms with Crippen molar-refractivity contribution in [2.75, 3.05) is 0 Å². The van der Waals surface area contributed by atoms with Crippen LogP contribution in [0.2, 0.25) is 0 Å². The van der Waals surface area contributed by atoms with Gasteiger partial charge in [-0.05, 0) is 42.9 Å². The lowest BCUT2D eigenvalue weighted by Crippen LogP contribution is -2.50. The van der Waals surface area contributed by atoms with Gasteiger partial charge in [-0.25, -0.2) is 0 Å². The summed E-state index contributed by atoms with van der Waals surface area (Å²) in [6.45, 7) is 9.23. The van der Waals surface area contributed by atoms with Gasteiger partial charge in [0.05, 0.1) is 12.5 Å². The molecule has 0 bridgehead atoms. The first kappa shape index (κ1) is 15.0. The predicted octanol–water partition coefficient (Wildman–Crippen LogP) is 2.47. The molecule has 0 spiro atoms. The number of imide groups is 1. The number of nitrogens with one attached hydrogen (secondary N) is 1. The second kappa shape index (κ2) is 4.80. The Labute approximate surface area is 127 Å². The average molecular weight is 292 g/mol. The summed E-state index contributed by atoms with van der Waals surface area (Å²) in [6, 6.07) is 0.258. The van der Waals surface area contributed by atoms with Crippen molar-refractivity contribution in [2.24, 2.45) is 10.8 Å². The fraction of sp³-hybridized carbons (Fsp3) is 0.882. The molecule has 4 heteroatoms. The Morgan fingerprint density at radius 3 is 2.14 bits per heavy atom. The Morgan fingerprint density at radius 2 is 1.62 bits per heavy atom. The van der Waals surface area contributed by atoms with Crippen molar-refractivity contribution in [2.45, 2.75) is 84.3 Å². The second-order valence-electron chi connectivity index (χ2n) is 8.87. The van der Waals surface area contributed by atoms with Gasteiger partial charge in [-0.2, -0.15) is 0 Å². The summed E-state index contributed by atoms with van der Waals surface area (Å²) in [5.74, 6) is 0.0398. The molecule has 118 valence electrons. The van der Waals surface area contributed by atoms with Gasteiger partial charge in [0, 0.05) is 12.1 Å². The molecule has 4 nitrogen and oxygen atoms in total. The first-order chi connectivity index (χ1) is 9.67. The summed E-state index contributed by atoms with van der Waals surface area (Å²) in [7, 11) is 0. The van der Waals surface area contributed by atoms with Crippen LogP contribution in [0.3, 0.4) is 0 Å². The first-order valence-electron chi connectivity index (χ1n) is 8.29. The molecule has 1 heterocycles. The number of nitrogens with zero attached hydrogens (tertiary/aromatic N) is 1. The van der Waals surface area contributed by atoms with Crippen molar-refractivity contribution in [3.8, 4) is 0 Å². The van der Waals surface area contributed by atoms with Crippen molar-refractivity contribution in [1.29, 1.82) is 0 Å². The lowest BCUT2D eigenvalue weighted by Gasteiger charge is -2.45. The summed E-state index contributed by atoms with van der Waals surface area (Å²) in [5, 5.41) is 3.51. The van der Waals surface area contributed by atoms with E-state index in [1.807, 2.05) is 0 Å². The van der Waals surface area contributed by atoms with E-state index in [0.717, 1.165) is 25.7 Å².